The number of aliphatic imine (C=N–C) groups is 2. The Morgan fingerprint density at radius 2 is 1.57 bits per heavy atom. The minimum absolute atomic E-state index is 0.282. The number of para-hydroxylation sites is 3. The molecule has 2 aliphatic rings. The van der Waals surface area contributed by atoms with Gasteiger partial charge in [0.05, 0.1) is 34.5 Å². The molecule has 0 saturated heterocycles. The van der Waals surface area contributed by atoms with Crippen molar-refractivity contribution < 1.29 is 4.39 Å². The van der Waals surface area contributed by atoms with Crippen LogP contribution in [0.3, 0.4) is 0 Å². The van der Waals surface area contributed by atoms with Crippen molar-refractivity contribution in [3.8, 4) is 5.69 Å². The Balaban J connectivity index is 1.55. The number of benzene rings is 4. The first kappa shape index (κ1) is 24.0. The summed E-state index contributed by atoms with van der Waals surface area (Å²) < 4.78 is 17.5. The third-order valence-electron chi connectivity index (χ3n) is 7.69. The second-order valence-electron chi connectivity index (χ2n) is 10.1. The summed E-state index contributed by atoms with van der Waals surface area (Å²) in [6, 6.07) is 30.5. The zero-order valence-corrected chi connectivity index (χ0v) is 22.4. The van der Waals surface area contributed by atoms with Gasteiger partial charge in [-0.3, -0.25) is 0 Å². The maximum Gasteiger partial charge on any atom is 0.179 e. The molecule has 5 aromatic rings. The predicted octanol–water partition coefficient (Wildman–Crippen LogP) is 7.73. The maximum atomic E-state index is 15.7. The average Bonchev–Trinajstić information content (AvgIpc) is 3.31. The zero-order chi connectivity index (χ0) is 27.4. The van der Waals surface area contributed by atoms with Gasteiger partial charge < -0.3 is 10.2 Å². The number of halogens is 1. The topological polar surface area (TPSA) is 57.8 Å². The summed E-state index contributed by atoms with van der Waals surface area (Å²) in [6.07, 6.45) is 0. The van der Waals surface area contributed by atoms with Gasteiger partial charge in [-0.15, -0.1) is 0 Å². The van der Waals surface area contributed by atoms with E-state index in [-0.39, 0.29) is 5.82 Å². The van der Waals surface area contributed by atoms with Crippen LogP contribution in [0.25, 0.3) is 5.69 Å². The number of fused-ring (bicyclic) bond motifs is 4. The van der Waals surface area contributed by atoms with Crippen LogP contribution in [0.1, 0.15) is 34.0 Å². The van der Waals surface area contributed by atoms with Gasteiger partial charge in [0.1, 0.15) is 5.82 Å². The van der Waals surface area contributed by atoms with E-state index >= 15 is 4.39 Å². The smallest absolute Gasteiger partial charge is 0.179 e. The Bertz CT molecular complexity index is 1840. The lowest BCUT2D eigenvalue weighted by atomic mass is 9.92. The highest BCUT2D eigenvalue weighted by Gasteiger charge is 2.42. The maximum absolute atomic E-state index is 15.7. The van der Waals surface area contributed by atoms with Crippen LogP contribution < -0.4 is 10.2 Å². The van der Waals surface area contributed by atoms with Crippen LogP contribution in [-0.4, -0.2) is 21.5 Å². The van der Waals surface area contributed by atoms with Gasteiger partial charge in [-0.1, -0.05) is 60.7 Å². The zero-order valence-electron chi connectivity index (χ0n) is 22.4. The van der Waals surface area contributed by atoms with Crippen LogP contribution in [0.15, 0.2) is 107 Å². The van der Waals surface area contributed by atoms with Crippen LogP contribution in [0.5, 0.6) is 0 Å². The molecule has 7 heteroatoms. The molecular weight excluding hydrogens is 499 g/mol. The molecule has 0 amide bonds. The van der Waals surface area contributed by atoms with Crippen LogP contribution in [-0.2, 0) is 0 Å². The van der Waals surface area contributed by atoms with Crippen molar-refractivity contribution in [2.45, 2.75) is 26.8 Å². The molecule has 3 heterocycles. The number of rotatable bonds is 3. The highest BCUT2D eigenvalue weighted by molar-refractivity contribution is 6.52. The van der Waals surface area contributed by atoms with Crippen molar-refractivity contribution in [2.75, 3.05) is 10.2 Å². The molecule has 0 spiro atoms. The summed E-state index contributed by atoms with van der Waals surface area (Å²) in [5.41, 5.74) is 7.96. The van der Waals surface area contributed by atoms with E-state index in [1.165, 1.54) is 6.07 Å². The normalized spacial score (nSPS) is 16.6. The molecule has 1 aromatic heterocycles. The number of hydrogen-bond acceptors (Lipinski definition) is 4. The van der Waals surface area contributed by atoms with E-state index < -0.39 is 6.04 Å². The molecule has 6 nitrogen and oxygen atoms in total. The third-order valence-corrected chi connectivity index (χ3v) is 7.69. The summed E-state index contributed by atoms with van der Waals surface area (Å²) in [6.45, 7) is 6.11. The Hall–Kier alpha value is -5.04. The summed E-state index contributed by atoms with van der Waals surface area (Å²) in [5.74, 6) is 1.59. The highest BCUT2D eigenvalue weighted by atomic mass is 19.1. The Kier molecular flexibility index (Phi) is 5.59. The molecule has 1 atom stereocenters. The van der Waals surface area contributed by atoms with E-state index in [0.29, 0.717) is 23.1 Å². The SMILES string of the molecule is Cc1cccc(N=C2Nc3ccccc3N3C2=Nc2c(c(C)nn2-c2ccccc2)C3c2ccccc2F)c1C. The second kappa shape index (κ2) is 9.31. The third kappa shape index (κ3) is 3.73. The fraction of sp³-hybridized carbons (Fsp3) is 0.121. The lowest BCUT2D eigenvalue weighted by Gasteiger charge is -2.42. The van der Waals surface area contributed by atoms with Crippen molar-refractivity contribution in [2.24, 2.45) is 9.98 Å². The van der Waals surface area contributed by atoms with Gasteiger partial charge in [0.15, 0.2) is 17.5 Å². The van der Waals surface area contributed by atoms with Gasteiger partial charge in [0.25, 0.3) is 0 Å². The number of aromatic nitrogens is 2. The Labute approximate surface area is 232 Å². The fourth-order valence-corrected chi connectivity index (χ4v) is 5.55. The molecule has 0 bridgehead atoms. The van der Waals surface area contributed by atoms with Gasteiger partial charge in [-0.25, -0.2) is 19.1 Å². The lowest BCUT2D eigenvalue weighted by Crippen LogP contribution is -2.48. The molecule has 4 aromatic carbocycles. The van der Waals surface area contributed by atoms with E-state index in [0.717, 1.165) is 45.1 Å². The van der Waals surface area contributed by atoms with Crippen molar-refractivity contribution in [3.05, 3.63) is 131 Å². The van der Waals surface area contributed by atoms with Crippen molar-refractivity contribution in [3.63, 3.8) is 0 Å². The molecule has 0 radical (unpaired) electrons. The first-order valence-electron chi connectivity index (χ1n) is 13.3. The van der Waals surface area contributed by atoms with Crippen molar-refractivity contribution in [1.29, 1.82) is 0 Å². The van der Waals surface area contributed by atoms with Gasteiger partial charge in [0, 0.05) is 11.1 Å². The molecule has 1 unspecified atom stereocenters. The van der Waals surface area contributed by atoms with Gasteiger partial charge >= 0.3 is 0 Å². The molecule has 0 fully saturated rings. The van der Waals surface area contributed by atoms with Gasteiger partial charge in [0.2, 0.25) is 0 Å². The molecule has 2 aliphatic heterocycles. The monoisotopic (exact) mass is 526 g/mol. The van der Waals surface area contributed by atoms with E-state index in [9.17, 15) is 0 Å². The quantitative estimate of drug-likeness (QED) is 0.262. The summed E-state index contributed by atoms with van der Waals surface area (Å²) >= 11 is 0. The van der Waals surface area contributed by atoms with E-state index in [1.807, 2.05) is 90.5 Å². The van der Waals surface area contributed by atoms with Crippen molar-refractivity contribution in [1.82, 2.24) is 9.78 Å². The van der Waals surface area contributed by atoms with Gasteiger partial charge in [-0.05, 0) is 68.3 Å². The molecule has 7 rings (SSSR count). The standard InChI is InChI=1S/C33H27FN6/c1-20-12-11-18-26(21(20)2)35-31-33-37-32-29(22(3)38-40(32)23-13-5-4-6-14-23)30(24-15-7-8-16-25(24)34)39(33)28-19-10-9-17-27(28)36-31/h4-19,30H,1-3H3,(H,35,36). The Morgan fingerprint density at radius 1 is 0.825 bits per heavy atom. The number of aryl methyl sites for hydroxylation is 2. The molecule has 196 valence electrons. The van der Waals surface area contributed by atoms with E-state index in [2.05, 4.69) is 30.1 Å². The first-order chi connectivity index (χ1) is 19.5. The van der Waals surface area contributed by atoms with Crippen LogP contribution in [0.2, 0.25) is 0 Å². The minimum Gasteiger partial charge on any atom is -0.335 e. The first-order valence-corrected chi connectivity index (χ1v) is 13.3. The lowest BCUT2D eigenvalue weighted by molar-refractivity contribution is 0.597. The predicted molar refractivity (Wildman–Crippen MR) is 159 cm³/mol. The van der Waals surface area contributed by atoms with Crippen molar-refractivity contribution >= 4 is 34.6 Å². The molecule has 0 saturated carbocycles. The number of amidine groups is 2. The average molecular weight is 527 g/mol. The summed E-state index contributed by atoms with van der Waals surface area (Å²) in [5, 5.41) is 8.45. The highest BCUT2D eigenvalue weighted by Crippen LogP contribution is 2.48. The largest absolute Gasteiger partial charge is 0.335 e. The second-order valence-corrected chi connectivity index (χ2v) is 10.1. The van der Waals surface area contributed by atoms with Crippen LogP contribution >= 0.6 is 0 Å². The van der Waals surface area contributed by atoms with Gasteiger partial charge in [-0.2, -0.15) is 5.10 Å². The number of hydrogen-bond donors (Lipinski definition) is 1. The number of nitrogens with zero attached hydrogens (tertiary/aromatic N) is 5. The minimum atomic E-state index is -0.506. The molecule has 40 heavy (non-hydrogen) atoms. The fourth-order valence-electron chi connectivity index (χ4n) is 5.55. The molecular formula is C33H27FN6. The number of anilines is 2. The molecule has 1 N–H and O–H groups in total. The van der Waals surface area contributed by atoms with Crippen LogP contribution in [0, 0.1) is 26.6 Å². The van der Waals surface area contributed by atoms with Crippen LogP contribution in [0.4, 0.5) is 27.3 Å². The van der Waals surface area contributed by atoms with E-state index in [1.54, 1.807) is 6.07 Å². The molecule has 0 aliphatic carbocycles. The van der Waals surface area contributed by atoms with E-state index in [4.69, 9.17) is 15.1 Å². The number of nitrogens with one attached hydrogen (secondary N) is 1. The summed E-state index contributed by atoms with van der Waals surface area (Å²) in [4.78, 5) is 12.4. The summed E-state index contributed by atoms with van der Waals surface area (Å²) in [7, 11) is 0. The Morgan fingerprint density at radius 3 is 2.40 bits per heavy atom.